The lowest BCUT2D eigenvalue weighted by Gasteiger charge is -2.26. The standard InChI is InChI=1S/C14H20FNO2/c1-4-7-14(3,13(17)18)16-9-11-8-10(2)5-6-12(11)15/h5-6,8,16H,4,7,9H2,1-3H3,(H,17,18). The summed E-state index contributed by atoms with van der Waals surface area (Å²) in [6.07, 6.45) is 1.27. The first-order chi connectivity index (χ1) is 8.39. The van der Waals surface area contributed by atoms with Gasteiger partial charge in [-0.15, -0.1) is 0 Å². The minimum absolute atomic E-state index is 0.219. The molecule has 0 saturated carbocycles. The molecule has 0 saturated heterocycles. The number of halogens is 1. The SMILES string of the molecule is CCCC(C)(NCc1cc(C)ccc1F)C(=O)O. The first kappa shape index (κ1) is 14.6. The second-order valence-corrected chi connectivity index (χ2v) is 4.84. The molecule has 0 bridgehead atoms. The lowest BCUT2D eigenvalue weighted by atomic mass is 9.96. The summed E-state index contributed by atoms with van der Waals surface area (Å²) in [5.41, 5.74) is 0.449. The van der Waals surface area contributed by atoms with Crippen LogP contribution in [0.2, 0.25) is 0 Å². The molecule has 0 aliphatic heterocycles. The minimum atomic E-state index is -1.01. The fourth-order valence-corrected chi connectivity index (χ4v) is 1.90. The summed E-state index contributed by atoms with van der Waals surface area (Å²) in [5, 5.41) is 12.2. The normalized spacial score (nSPS) is 14.2. The Bertz CT molecular complexity index is 434. The Morgan fingerprint density at radius 3 is 2.72 bits per heavy atom. The number of aliphatic carboxylic acids is 1. The molecule has 18 heavy (non-hydrogen) atoms. The highest BCUT2D eigenvalue weighted by Crippen LogP contribution is 2.16. The number of aryl methyl sites for hydroxylation is 1. The van der Waals surface area contributed by atoms with Crippen molar-refractivity contribution in [1.82, 2.24) is 5.32 Å². The number of hydrogen-bond acceptors (Lipinski definition) is 2. The number of hydrogen-bond donors (Lipinski definition) is 2. The lowest BCUT2D eigenvalue weighted by molar-refractivity contribution is -0.144. The molecule has 3 nitrogen and oxygen atoms in total. The summed E-state index contributed by atoms with van der Waals surface area (Å²) >= 11 is 0. The average molecular weight is 253 g/mol. The van der Waals surface area contributed by atoms with Gasteiger partial charge in [0.1, 0.15) is 11.4 Å². The van der Waals surface area contributed by atoms with Gasteiger partial charge < -0.3 is 5.11 Å². The van der Waals surface area contributed by atoms with E-state index < -0.39 is 11.5 Å². The molecule has 0 heterocycles. The topological polar surface area (TPSA) is 49.3 Å². The number of carbonyl (C=O) groups is 1. The van der Waals surface area contributed by atoms with Gasteiger partial charge in [-0.3, -0.25) is 10.1 Å². The van der Waals surface area contributed by atoms with Gasteiger partial charge in [-0.1, -0.05) is 31.0 Å². The second kappa shape index (κ2) is 5.96. The van der Waals surface area contributed by atoms with Gasteiger partial charge in [0.25, 0.3) is 0 Å². The Labute approximate surface area is 107 Å². The highest BCUT2D eigenvalue weighted by atomic mass is 19.1. The van der Waals surface area contributed by atoms with E-state index in [1.807, 2.05) is 13.8 Å². The maximum atomic E-state index is 13.5. The Morgan fingerprint density at radius 2 is 2.17 bits per heavy atom. The molecule has 1 rings (SSSR count). The smallest absolute Gasteiger partial charge is 0.323 e. The van der Waals surface area contributed by atoms with Crippen molar-refractivity contribution in [2.75, 3.05) is 0 Å². The van der Waals surface area contributed by atoms with E-state index in [-0.39, 0.29) is 12.4 Å². The highest BCUT2D eigenvalue weighted by Gasteiger charge is 2.31. The van der Waals surface area contributed by atoms with Gasteiger partial charge in [-0.25, -0.2) is 4.39 Å². The molecule has 0 fully saturated rings. The third-order valence-electron chi connectivity index (χ3n) is 3.09. The Kier molecular flexibility index (Phi) is 4.84. The van der Waals surface area contributed by atoms with Gasteiger partial charge in [0, 0.05) is 12.1 Å². The van der Waals surface area contributed by atoms with Crippen molar-refractivity contribution in [2.24, 2.45) is 0 Å². The Balaban J connectivity index is 2.79. The van der Waals surface area contributed by atoms with E-state index in [2.05, 4.69) is 5.32 Å². The van der Waals surface area contributed by atoms with E-state index in [1.165, 1.54) is 6.07 Å². The van der Waals surface area contributed by atoms with Crippen LogP contribution in [0.3, 0.4) is 0 Å². The summed E-state index contributed by atoms with van der Waals surface area (Å²) in [5.74, 6) is -1.21. The van der Waals surface area contributed by atoms with Crippen molar-refractivity contribution < 1.29 is 14.3 Å². The number of nitrogens with one attached hydrogen (secondary N) is 1. The maximum absolute atomic E-state index is 13.5. The van der Waals surface area contributed by atoms with Crippen molar-refractivity contribution in [3.05, 3.63) is 35.1 Å². The van der Waals surface area contributed by atoms with Crippen LogP contribution >= 0.6 is 0 Å². The minimum Gasteiger partial charge on any atom is -0.480 e. The molecule has 1 aromatic carbocycles. The van der Waals surface area contributed by atoms with E-state index >= 15 is 0 Å². The van der Waals surface area contributed by atoms with Crippen LogP contribution < -0.4 is 5.32 Å². The number of carboxylic acids is 1. The second-order valence-electron chi connectivity index (χ2n) is 4.84. The predicted molar refractivity (Wildman–Crippen MR) is 68.9 cm³/mol. The molecule has 2 N–H and O–H groups in total. The summed E-state index contributed by atoms with van der Waals surface area (Å²) in [7, 11) is 0. The summed E-state index contributed by atoms with van der Waals surface area (Å²) in [6.45, 7) is 5.66. The zero-order chi connectivity index (χ0) is 13.8. The van der Waals surface area contributed by atoms with Crippen LogP contribution in [-0.2, 0) is 11.3 Å². The van der Waals surface area contributed by atoms with Crippen LogP contribution in [0.5, 0.6) is 0 Å². The summed E-state index contributed by atoms with van der Waals surface area (Å²) in [4.78, 5) is 11.2. The van der Waals surface area contributed by atoms with Crippen LogP contribution in [0.15, 0.2) is 18.2 Å². The molecular formula is C14H20FNO2. The van der Waals surface area contributed by atoms with E-state index in [4.69, 9.17) is 0 Å². The Morgan fingerprint density at radius 1 is 1.50 bits per heavy atom. The van der Waals surface area contributed by atoms with Gasteiger partial charge in [0.15, 0.2) is 0 Å². The molecule has 0 aliphatic carbocycles. The quantitative estimate of drug-likeness (QED) is 0.819. The molecule has 0 amide bonds. The molecular weight excluding hydrogens is 233 g/mol. The summed E-state index contributed by atoms with van der Waals surface area (Å²) < 4.78 is 13.5. The highest BCUT2D eigenvalue weighted by molar-refractivity contribution is 5.78. The van der Waals surface area contributed by atoms with Crippen molar-refractivity contribution in [3.63, 3.8) is 0 Å². The van der Waals surface area contributed by atoms with Crippen LogP contribution in [0.4, 0.5) is 4.39 Å². The molecule has 0 spiro atoms. The van der Waals surface area contributed by atoms with E-state index in [0.717, 1.165) is 12.0 Å². The molecule has 1 atom stereocenters. The number of rotatable bonds is 6. The zero-order valence-electron chi connectivity index (χ0n) is 11.1. The first-order valence-corrected chi connectivity index (χ1v) is 6.12. The van der Waals surface area contributed by atoms with Gasteiger partial charge >= 0.3 is 5.97 Å². The van der Waals surface area contributed by atoms with Crippen LogP contribution in [-0.4, -0.2) is 16.6 Å². The lowest BCUT2D eigenvalue weighted by Crippen LogP contribution is -2.49. The number of carboxylic acid groups (broad SMARTS) is 1. The van der Waals surface area contributed by atoms with Crippen molar-refractivity contribution in [3.8, 4) is 0 Å². The van der Waals surface area contributed by atoms with Gasteiger partial charge in [-0.2, -0.15) is 0 Å². The van der Waals surface area contributed by atoms with Crippen LogP contribution in [0, 0.1) is 12.7 Å². The van der Waals surface area contributed by atoms with E-state index in [9.17, 15) is 14.3 Å². The fraction of sp³-hybridized carbons (Fsp3) is 0.500. The molecule has 0 aromatic heterocycles. The molecule has 100 valence electrons. The molecule has 1 aromatic rings. The fourth-order valence-electron chi connectivity index (χ4n) is 1.90. The van der Waals surface area contributed by atoms with Crippen LogP contribution in [0.25, 0.3) is 0 Å². The number of benzene rings is 1. The third-order valence-corrected chi connectivity index (χ3v) is 3.09. The monoisotopic (exact) mass is 253 g/mol. The van der Waals surface area contributed by atoms with Gasteiger partial charge in [-0.05, 0) is 26.3 Å². The van der Waals surface area contributed by atoms with Crippen molar-refractivity contribution >= 4 is 5.97 Å². The zero-order valence-corrected chi connectivity index (χ0v) is 11.1. The van der Waals surface area contributed by atoms with Gasteiger partial charge in [0.05, 0.1) is 0 Å². The predicted octanol–water partition coefficient (Wildman–Crippen LogP) is 2.87. The maximum Gasteiger partial charge on any atom is 0.323 e. The largest absolute Gasteiger partial charge is 0.480 e. The molecule has 0 radical (unpaired) electrons. The molecule has 1 unspecified atom stereocenters. The van der Waals surface area contributed by atoms with Crippen molar-refractivity contribution in [2.45, 2.75) is 45.7 Å². The Hall–Kier alpha value is -1.42. The molecule has 4 heteroatoms. The van der Waals surface area contributed by atoms with Crippen LogP contribution in [0.1, 0.15) is 37.8 Å². The average Bonchev–Trinajstić information content (AvgIpc) is 2.30. The van der Waals surface area contributed by atoms with Crippen molar-refractivity contribution in [1.29, 1.82) is 0 Å². The van der Waals surface area contributed by atoms with E-state index in [1.54, 1.807) is 19.1 Å². The van der Waals surface area contributed by atoms with E-state index in [0.29, 0.717) is 12.0 Å². The third kappa shape index (κ3) is 3.53. The first-order valence-electron chi connectivity index (χ1n) is 6.12. The molecule has 0 aliphatic rings. The van der Waals surface area contributed by atoms with Gasteiger partial charge in [0.2, 0.25) is 0 Å². The summed E-state index contributed by atoms with van der Waals surface area (Å²) in [6, 6.07) is 4.84.